The number of carbonyl (C=O) groups is 1. The van der Waals surface area contributed by atoms with Crippen LogP contribution in [0.2, 0.25) is 0 Å². The van der Waals surface area contributed by atoms with Gasteiger partial charge in [0.1, 0.15) is 12.4 Å². The van der Waals surface area contributed by atoms with Crippen LogP contribution in [0.5, 0.6) is 5.75 Å². The molecule has 0 aliphatic rings. The van der Waals surface area contributed by atoms with Crippen LogP contribution < -0.4 is 4.74 Å². The Kier molecular flexibility index (Phi) is 4.11. The summed E-state index contributed by atoms with van der Waals surface area (Å²) >= 11 is 0. The first-order valence-electron chi connectivity index (χ1n) is 5.83. The highest BCUT2D eigenvalue weighted by Gasteiger charge is 2.30. The highest BCUT2D eigenvalue weighted by molar-refractivity contribution is 5.87. The number of halogens is 3. The highest BCUT2D eigenvalue weighted by Crippen LogP contribution is 2.31. The first kappa shape index (κ1) is 14.8. The monoisotopic (exact) mass is 297 g/mol. The molecule has 1 heterocycles. The summed E-state index contributed by atoms with van der Waals surface area (Å²) in [5.74, 6) is -1.09. The van der Waals surface area contributed by atoms with Gasteiger partial charge in [-0.1, -0.05) is 6.07 Å². The van der Waals surface area contributed by atoms with Gasteiger partial charge in [-0.25, -0.2) is 4.79 Å². The fourth-order valence-electron chi connectivity index (χ4n) is 1.61. The van der Waals surface area contributed by atoms with Gasteiger partial charge in [-0.3, -0.25) is 4.98 Å². The first-order chi connectivity index (χ1) is 9.86. The summed E-state index contributed by atoms with van der Waals surface area (Å²) in [5, 5.41) is 8.81. The molecule has 1 aromatic heterocycles. The van der Waals surface area contributed by atoms with E-state index in [0.717, 1.165) is 12.1 Å². The number of aromatic carboxylic acids is 1. The van der Waals surface area contributed by atoms with Gasteiger partial charge in [0.25, 0.3) is 0 Å². The van der Waals surface area contributed by atoms with E-state index in [1.807, 2.05) is 0 Å². The molecule has 0 spiro atoms. The van der Waals surface area contributed by atoms with Crippen LogP contribution in [0.15, 0.2) is 42.7 Å². The average molecular weight is 297 g/mol. The van der Waals surface area contributed by atoms with Crippen molar-refractivity contribution >= 4 is 5.97 Å². The number of aromatic nitrogens is 1. The van der Waals surface area contributed by atoms with Crippen molar-refractivity contribution in [3.63, 3.8) is 0 Å². The Hall–Kier alpha value is -2.57. The zero-order valence-electron chi connectivity index (χ0n) is 10.6. The Balaban J connectivity index is 2.10. The molecule has 0 atom stereocenters. The molecule has 1 aromatic carbocycles. The van der Waals surface area contributed by atoms with Gasteiger partial charge >= 0.3 is 12.1 Å². The molecule has 0 radical (unpaired) electrons. The summed E-state index contributed by atoms with van der Waals surface area (Å²) in [6, 6.07) is 5.81. The summed E-state index contributed by atoms with van der Waals surface area (Å²) in [4.78, 5) is 14.5. The maximum absolute atomic E-state index is 12.5. The van der Waals surface area contributed by atoms with E-state index >= 15 is 0 Å². The van der Waals surface area contributed by atoms with Crippen LogP contribution >= 0.6 is 0 Å². The van der Waals surface area contributed by atoms with Crippen molar-refractivity contribution in [2.24, 2.45) is 0 Å². The van der Waals surface area contributed by atoms with E-state index in [4.69, 9.17) is 9.84 Å². The lowest BCUT2D eigenvalue weighted by atomic mass is 10.2. The molecule has 0 saturated carbocycles. The van der Waals surface area contributed by atoms with Gasteiger partial charge in [0.2, 0.25) is 0 Å². The standard InChI is InChI=1S/C14H10F3NO3/c15-14(16,17)11-2-1-3-12(5-11)21-8-9-4-10(13(19)20)7-18-6-9/h1-7H,8H2,(H,19,20). The number of ether oxygens (including phenoxy) is 1. The number of carboxylic acids is 1. The van der Waals surface area contributed by atoms with Crippen molar-refractivity contribution in [3.05, 3.63) is 59.4 Å². The zero-order valence-corrected chi connectivity index (χ0v) is 10.6. The lowest BCUT2D eigenvalue weighted by molar-refractivity contribution is -0.137. The Morgan fingerprint density at radius 3 is 2.67 bits per heavy atom. The van der Waals surface area contributed by atoms with Gasteiger partial charge in [0.05, 0.1) is 11.1 Å². The molecule has 0 aliphatic carbocycles. The van der Waals surface area contributed by atoms with Crippen LogP contribution in [0.4, 0.5) is 13.2 Å². The predicted molar refractivity (Wildman–Crippen MR) is 67.0 cm³/mol. The predicted octanol–water partition coefficient (Wildman–Crippen LogP) is 3.38. The van der Waals surface area contributed by atoms with Gasteiger partial charge in [-0.05, 0) is 24.3 Å². The van der Waals surface area contributed by atoms with E-state index in [0.29, 0.717) is 5.56 Å². The molecule has 21 heavy (non-hydrogen) atoms. The van der Waals surface area contributed by atoms with Crippen molar-refractivity contribution in [1.29, 1.82) is 0 Å². The van der Waals surface area contributed by atoms with Crippen LogP contribution in [-0.4, -0.2) is 16.1 Å². The zero-order chi connectivity index (χ0) is 15.5. The largest absolute Gasteiger partial charge is 0.489 e. The average Bonchev–Trinajstić information content (AvgIpc) is 2.45. The second-order valence-corrected chi connectivity index (χ2v) is 4.20. The summed E-state index contributed by atoms with van der Waals surface area (Å²) in [7, 11) is 0. The quantitative estimate of drug-likeness (QED) is 0.940. The van der Waals surface area contributed by atoms with Crippen LogP contribution in [0, 0.1) is 0 Å². The van der Waals surface area contributed by atoms with E-state index in [-0.39, 0.29) is 17.9 Å². The molecular formula is C14H10F3NO3. The molecule has 7 heteroatoms. The summed E-state index contributed by atoms with van der Waals surface area (Å²) in [6.07, 6.45) is -1.87. The smallest absolute Gasteiger partial charge is 0.416 e. The van der Waals surface area contributed by atoms with Gasteiger partial charge in [-0.15, -0.1) is 0 Å². The van der Waals surface area contributed by atoms with Crippen molar-refractivity contribution in [3.8, 4) is 5.75 Å². The molecule has 0 fully saturated rings. The molecule has 0 aliphatic heterocycles. The van der Waals surface area contributed by atoms with Crippen LogP contribution in [0.25, 0.3) is 0 Å². The minimum absolute atomic E-state index is 0.0138. The SMILES string of the molecule is O=C(O)c1cncc(COc2cccc(C(F)(F)F)c2)c1. The molecule has 1 N–H and O–H groups in total. The van der Waals surface area contributed by atoms with Crippen LogP contribution in [-0.2, 0) is 12.8 Å². The second-order valence-electron chi connectivity index (χ2n) is 4.20. The van der Waals surface area contributed by atoms with E-state index in [2.05, 4.69) is 4.98 Å². The molecule has 0 bridgehead atoms. The molecule has 0 amide bonds. The van der Waals surface area contributed by atoms with E-state index in [1.165, 1.54) is 30.6 Å². The van der Waals surface area contributed by atoms with Gasteiger partial charge < -0.3 is 9.84 Å². The topological polar surface area (TPSA) is 59.4 Å². The third kappa shape index (κ3) is 3.95. The van der Waals surface area contributed by atoms with Crippen LogP contribution in [0.1, 0.15) is 21.5 Å². The number of benzene rings is 1. The third-order valence-electron chi connectivity index (χ3n) is 2.61. The number of hydrogen-bond acceptors (Lipinski definition) is 3. The minimum atomic E-state index is -4.44. The number of alkyl halides is 3. The second kappa shape index (κ2) is 5.82. The molecule has 0 saturated heterocycles. The summed E-state index contributed by atoms with van der Waals surface area (Å²) < 4.78 is 42.9. The van der Waals surface area contributed by atoms with Gasteiger partial charge in [0.15, 0.2) is 0 Å². The van der Waals surface area contributed by atoms with Gasteiger partial charge in [0, 0.05) is 18.0 Å². The number of pyridine rings is 1. The minimum Gasteiger partial charge on any atom is -0.489 e. The third-order valence-corrected chi connectivity index (χ3v) is 2.61. The fourth-order valence-corrected chi connectivity index (χ4v) is 1.61. The lowest BCUT2D eigenvalue weighted by Gasteiger charge is -2.10. The van der Waals surface area contributed by atoms with E-state index in [1.54, 1.807) is 0 Å². The van der Waals surface area contributed by atoms with Crippen molar-refractivity contribution in [2.75, 3.05) is 0 Å². The molecule has 0 unspecified atom stereocenters. The molecule has 4 nitrogen and oxygen atoms in total. The first-order valence-corrected chi connectivity index (χ1v) is 5.83. The molecular weight excluding hydrogens is 287 g/mol. The van der Waals surface area contributed by atoms with Crippen LogP contribution in [0.3, 0.4) is 0 Å². The summed E-state index contributed by atoms with van der Waals surface area (Å²) in [6.45, 7) is -0.0740. The highest BCUT2D eigenvalue weighted by atomic mass is 19.4. The van der Waals surface area contributed by atoms with E-state index in [9.17, 15) is 18.0 Å². The Labute approximate surface area is 117 Å². The fraction of sp³-hybridized carbons (Fsp3) is 0.143. The normalized spacial score (nSPS) is 11.2. The number of nitrogens with zero attached hydrogens (tertiary/aromatic N) is 1. The van der Waals surface area contributed by atoms with E-state index < -0.39 is 17.7 Å². The number of rotatable bonds is 4. The van der Waals surface area contributed by atoms with Gasteiger partial charge in [-0.2, -0.15) is 13.2 Å². The van der Waals surface area contributed by atoms with Crippen molar-refractivity contribution < 1.29 is 27.8 Å². The lowest BCUT2D eigenvalue weighted by Crippen LogP contribution is -2.05. The van der Waals surface area contributed by atoms with Crippen molar-refractivity contribution in [1.82, 2.24) is 4.98 Å². The summed E-state index contributed by atoms with van der Waals surface area (Å²) in [5.41, 5.74) is -0.370. The Morgan fingerprint density at radius 1 is 1.24 bits per heavy atom. The maximum atomic E-state index is 12.5. The Morgan fingerprint density at radius 2 is 2.00 bits per heavy atom. The molecule has 2 aromatic rings. The van der Waals surface area contributed by atoms with Crippen molar-refractivity contribution in [2.45, 2.75) is 12.8 Å². The number of carboxylic acid groups (broad SMARTS) is 1. The Bertz CT molecular complexity index is 656. The molecule has 110 valence electrons. The maximum Gasteiger partial charge on any atom is 0.416 e. The number of hydrogen-bond donors (Lipinski definition) is 1. The molecule has 2 rings (SSSR count).